The van der Waals surface area contributed by atoms with E-state index in [1.807, 2.05) is 6.07 Å². The molecule has 0 aliphatic carbocycles. The number of rotatable bonds is 4. The van der Waals surface area contributed by atoms with Gasteiger partial charge < -0.3 is 15.8 Å². The number of aromatic nitrogens is 2. The van der Waals surface area contributed by atoms with Gasteiger partial charge >= 0.3 is 6.03 Å². The maximum absolute atomic E-state index is 11.5. The molecule has 2 amide bonds. The number of urea groups is 1. The SMILES string of the molecule is CCNC(=O)N=C(C#N)c1ncn(-c2ccc(OC)cc2)c1N. The van der Waals surface area contributed by atoms with E-state index in [1.54, 1.807) is 42.9 Å². The highest BCUT2D eigenvalue weighted by Gasteiger charge is 2.16. The van der Waals surface area contributed by atoms with E-state index < -0.39 is 6.03 Å². The first-order chi connectivity index (χ1) is 11.1. The third-order valence-corrected chi connectivity index (χ3v) is 3.03. The smallest absolute Gasteiger partial charge is 0.342 e. The third-order valence-electron chi connectivity index (χ3n) is 3.03. The van der Waals surface area contributed by atoms with Crippen LogP contribution < -0.4 is 15.8 Å². The molecule has 2 aromatic rings. The Hall–Kier alpha value is -3.34. The largest absolute Gasteiger partial charge is 0.497 e. The second-order valence-corrected chi connectivity index (χ2v) is 4.45. The molecule has 118 valence electrons. The summed E-state index contributed by atoms with van der Waals surface area (Å²) >= 11 is 0. The molecule has 1 heterocycles. The van der Waals surface area contributed by atoms with Crippen LogP contribution in [0, 0.1) is 11.3 Å². The predicted octanol–water partition coefficient (Wildman–Crippen LogP) is 1.51. The van der Waals surface area contributed by atoms with E-state index in [2.05, 4.69) is 15.3 Å². The van der Waals surface area contributed by atoms with Crippen molar-refractivity contribution in [1.82, 2.24) is 14.9 Å². The van der Waals surface area contributed by atoms with Gasteiger partial charge in [0.15, 0.2) is 5.71 Å². The fraction of sp³-hybridized carbons (Fsp3) is 0.200. The minimum atomic E-state index is -0.609. The summed E-state index contributed by atoms with van der Waals surface area (Å²) in [6.07, 6.45) is 1.47. The molecule has 23 heavy (non-hydrogen) atoms. The Balaban J connectivity index is 2.37. The normalized spacial score (nSPS) is 10.9. The number of carbonyl (C=O) groups excluding carboxylic acids is 1. The minimum absolute atomic E-state index is 0.138. The van der Waals surface area contributed by atoms with Crippen molar-refractivity contribution in [2.75, 3.05) is 19.4 Å². The fourth-order valence-electron chi connectivity index (χ4n) is 1.91. The second-order valence-electron chi connectivity index (χ2n) is 4.45. The molecular weight excluding hydrogens is 296 g/mol. The molecule has 0 aliphatic rings. The molecule has 8 nitrogen and oxygen atoms in total. The lowest BCUT2D eigenvalue weighted by Crippen LogP contribution is -2.20. The molecule has 3 N–H and O–H groups in total. The Morgan fingerprint density at radius 3 is 2.74 bits per heavy atom. The van der Waals surface area contributed by atoms with Crippen LogP contribution in [0.25, 0.3) is 5.69 Å². The lowest BCUT2D eigenvalue weighted by molar-refractivity contribution is 0.250. The number of anilines is 1. The number of methoxy groups -OCH3 is 1. The van der Waals surface area contributed by atoms with Gasteiger partial charge in [-0.3, -0.25) is 4.57 Å². The van der Waals surface area contributed by atoms with E-state index in [1.165, 1.54) is 6.33 Å². The van der Waals surface area contributed by atoms with E-state index in [-0.39, 0.29) is 17.2 Å². The average molecular weight is 312 g/mol. The molecule has 1 aromatic heterocycles. The third kappa shape index (κ3) is 3.47. The molecule has 2 rings (SSSR count). The van der Waals surface area contributed by atoms with Crippen molar-refractivity contribution in [3.63, 3.8) is 0 Å². The van der Waals surface area contributed by atoms with Gasteiger partial charge in [0.1, 0.15) is 29.7 Å². The van der Waals surface area contributed by atoms with E-state index in [9.17, 15) is 10.1 Å². The highest BCUT2D eigenvalue weighted by Crippen LogP contribution is 2.20. The molecule has 0 fully saturated rings. The van der Waals surface area contributed by atoms with Crippen molar-refractivity contribution in [1.29, 1.82) is 5.26 Å². The van der Waals surface area contributed by atoms with Gasteiger partial charge in [-0.25, -0.2) is 9.78 Å². The lowest BCUT2D eigenvalue weighted by Gasteiger charge is -2.06. The zero-order valence-electron chi connectivity index (χ0n) is 12.8. The number of nitrogen functional groups attached to an aromatic ring is 1. The van der Waals surface area contributed by atoms with Gasteiger partial charge in [-0.1, -0.05) is 0 Å². The lowest BCUT2D eigenvalue weighted by atomic mass is 10.2. The van der Waals surface area contributed by atoms with Crippen LogP contribution in [0.15, 0.2) is 35.6 Å². The molecule has 0 saturated heterocycles. The van der Waals surface area contributed by atoms with E-state index in [0.29, 0.717) is 12.3 Å². The molecule has 0 atom stereocenters. The number of benzene rings is 1. The Bertz CT molecular complexity index is 770. The first kappa shape index (κ1) is 16.0. The summed E-state index contributed by atoms with van der Waals surface area (Å²) in [5, 5.41) is 11.7. The monoisotopic (exact) mass is 312 g/mol. The molecule has 0 aliphatic heterocycles. The van der Waals surface area contributed by atoms with E-state index in [4.69, 9.17) is 10.5 Å². The summed E-state index contributed by atoms with van der Waals surface area (Å²) in [6.45, 7) is 2.17. The standard InChI is InChI=1S/C15H16N6O2/c1-3-18-15(22)20-12(8-16)13-14(17)21(9-19-13)10-4-6-11(23-2)7-5-10/h4-7,9H,3,17H2,1-2H3,(H,18,22). The molecule has 8 heteroatoms. The Morgan fingerprint density at radius 2 is 2.17 bits per heavy atom. The number of ether oxygens (including phenoxy) is 1. The summed E-state index contributed by atoms with van der Waals surface area (Å²) in [4.78, 5) is 19.3. The van der Waals surface area contributed by atoms with Crippen molar-refractivity contribution >= 4 is 17.6 Å². The fourth-order valence-corrected chi connectivity index (χ4v) is 1.91. The molecular formula is C15H16N6O2. The predicted molar refractivity (Wildman–Crippen MR) is 85.8 cm³/mol. The number of carbonyl (C=O) groups is 1. The number of amides is 2. The molecule has 1 aromatic carbocycles. The number of hydrogen-bond donors (Lipinski definition) is 2. The number of nitrogens with two attached hydrogens (primary N) is 1. The molecule has 0 spiro atoms. The maximum Gasteiger partial charge on any atom is 0.342 e. The van der Waals surface area contributed by atoms with Crippen molar-refractivity contribution in [3.05, 3.63) is 36.3 Å². The van der Waals surface area contributed by atoms with Crippen LogP contribution in [0.3, 0.4) is 0 Å². The van der Waals surface area contributed by atoms with Crippen molar-refractivity contribution < 1.29 is 9.53 Å². The summed E-state index contributed by atoms with van der Waals surface area (Å²) in [7, 11) is 1.58. The Kier molecular flexibility index (Phi) is 4.94. The minimum Gasteiger partial charge on any atom is -0.497 e. The highest BCUT2D eigenvalue weighted by molar-refractivity contribution is 6.16. The summed E-state index contributed by atoms with van der Waals surface area (Å²) in [5.41, 5.74) is 6.81. The quantitative estimate of drug-likeness (QED) is 0.829. The molecule has 0 unspecified atom stereocenters. The average Bonchev–Trinajstić information content (AvgIpc) is 2.94. The van der Waals surface area contributed by atoms with Crippen LogP contribution in [-0.4, -0.2) is 34.9 Å². The second kappa shape index (κ2) is 7.09. The van der Waals surface area contributed by atoms with Crippen molar-refractivity contribution in [3.8, 4) is 17.5 Å². The van der Waals surface area contributed by atoms with Crippen LogP contribution in [0.1, 0.15) is 12.6 Å². The number of hydrogen-bond acceptors (Lipinski definition) is 5. The van der Waals surface area contributed by atoms with Crippen LogP contribution >= 0.6 is 0 Å². The first-order valence-electron chi connectivity index (χ1n) is 6.85. The number of imidazole rings is 1. The van der Waals surface area contributed by atoms with Gasteiger partial charge in [-0.15, -0.1) is 0 Å². The van der Waals surface area contributed by atoms with Gasteiger partial charge in [0, 0.05) is 12.2 Å². The number of nitrogens with one attached hydrogen (secondary N) is 1. The topological polar surface area (TPSA) is 118 Å². The van der Waals surface area contributed by atoms with Gasteiger partial charge in [0.05, 0.1) is 7.11 Å². The molecule has 0 saturated carbocycles. The zero-order chi connectivity index (χ0) is 16.8. The van der Waals surface area contributed by atoms with Gasteiger partial charge in [0.25, 0.3) is 0 Å². The molecule has 0 radical (unpaired) electrons. The summed E-state index contributed by atoms with van der Waals surface area (Å²) < 4.78 is 6.70. The van der Waals surface area contributed by atoms with Crippen LogP contribution in [0.4, 0.5) is 10.6 Å². The molecule has 0 bridgehead atoms. The zero-order valence-corrected chi connectivity index (χ0v) is 12.8. The van der Waals surface area contributed by atoms with Crippen LogP contribution in [0.2, 0.25) is 0 Å². The van der Waals surface area contributed by atoms with Crippen molar-refractivity contribution in [2.45, 2.75) is 6.92 Å². The number of nitriles is 1. The first-order valence-corrected chi connectivity index (χ1v) is 6.85. The Labute approximate surface area is 133 Å². The van der Waals surface area contributed by atoms with Gasteiger partial charge in [-0.2, -0.15) is 10.3 Å². The number of aliphatic imine (C=N–C) groups is 1. The maximum atomic E-state index is 11.5. The van der Waals surface area contributed by atoms with E-state index >= 15 is 0 Å². The van der Waals surface area contributed by atoms with Gasteiger partial charge in [-0.05, 0) is 31.2 Å². The van der Waals surface area contributed by atoms with Gasteiger partial charge in [0.2, 0.25) is 0 Å². The van der Waals surface area contributed by atoms with E-state index in [0.717, 1.165) is 5.69 Å². The highest BCUT2D eigenvalue weighted by atomic mass is 16.5. The Morgan fingerprint density at radius 1 is 1.48 bits per heavy atom. The van der Waals surface area contributed by atoms with Crippen molar-refractivity contribution in [2.24, 2.45) is 4.99 Å². The van der Waals surface area contributed by atoms with Crippen LogP contribution in [-0.2, 0) is 0 Å². The summed E-state index contributed by atoms with van der Waals surface area (Å²) in [5.74, 6) is 0.933. The van der Waals surface area contributed by atoms with Crippen LogP contribution in [0.5, 0.6) is 5.75 Å². The number of nitrogens with zero attached hydrogens (tertiary/aromatic N) is 4. The summed E-state index contributed by atoms with van der Waals surface area (Å²) in [6, 6.07) is 8.39.